The van der Waals surface area contributed by atoms with Gasteiger partial charge in [-0.05, 0) is 46.0 Å². The molecule has 0 aromatic carbocycles. The molecular weight excluding hydrogens is 224 g/mol. The number of allylic oxidation sites excluding steroid dienone is 1. The Morgan fingerprint density at radius 3 is 2.94 bits per heavy atom. The zero-order valence-electron chi connectivity index (χ0n) is 12.0. The van der Waals surface area contributed by atoms with Gasteiger partial charge in [0.25, 0.3) is 0 Å². The molecule has 1 aromatic rings. The zero-order chi connectivity index (χ0) is 13.4. The highest BCUT2D eigenvalue weighted by Crippen LogP contribution is 2.16. The summed E-state index contributed by atoms with van der Waals surface area (Å²) in [5.74, 6) is 2.07. The third kappa shape index (κ3) is 5.07. The van der Waals surface area contributed by atoms with Gasteiger partial charge in [-0.2, -0.15) is 0 Å². The molecule has 1 N–H and O–H groups in total. The fraction of sp³-hybridized carbons (Fsp3) is 0.600. The van der Waals surface area contributed by atoms with E-state index < -0.39 is 0 Å². The van der Waals surface area contributed by atoms with Crippen LogP contribution in [0.1, 0.15) is 36.8 Å². The van der Waals surface area contributed by atoms with Crippen molar-refractivity contribution in [2.45, 2.75) is 39.8 Å². The third-order valence-corrected chi connectivity index (χ3v) is 3.01. The van der Waals surface area contributed by atoms with Crippen molar-refractivity contribution >= 4 is 0 Å². The highest BCUT2D eigenvalue weighted by atomic mass is 16.3. The first-order valence-corrected chi connectivity index (χ1v) is 6.75. The maximum Gasteiger partial charge on any atom is 0.118 e. The van der Waals surface area contributed by atoms with Crippen molar-refractivity contribution in [3.05, 3.63) is 35.8 Å². The lowest BCUT2D eigenvalue weighted by atomic mass is 10.2. The van der Waals surface area contributed by atoms with Gasteiger partial charge in [0, 0.05) is 12.1 Å². The molecule has 18 heavy (non-hydrogen) atoms. The molecule has 0 saturated heterocycles. The van der Waals surface area contributed by atoms with E-state index in [0.29, 0.717) is 0 Å². The normalized spacial score (nSPS) is 11.1. The van der Waals surface area contributed by atoms with Crippen LogP contribution in [0.15, 0.2) is 23.1 Å². The molecule has 0 radical (unpaired) electrons. The van der Waals surface area contributed by atoms with Gasteiger partial charge in [-0.1, -0.05) is 13.0 Å². The van der Waals surface area contributed by atoms with E-state index >= 15 is 0 Å². The topological polar surface area (TPSA) is 28.4 Å². The summed E-state index contributed by atoms with van der Waals surface area (Å²) in [7, 11) is 2.15. The SMILES string of the molecule is C=CCCCN(C)Cc1cc(CNCC)oc1C. The first kappa shape index (κ1) is 15.0. The second-order valence-electron chi connectivity index (χ2n) is 4.74. The lowest BCUT2D eigenvalue weighted by Gasteiger charge is -2.15. The average Bonchev–Trinajstić information content (AvgIpc) is 2.68. The molecule has 1 heterocycles. The minimum Gasteiger partial charge on any atom is -0.465 e. The standard InChI is InChI=1S/C15H26N2O/c1-5-7-8-9-17(4)12-14-10-15(11-16-6-2)18-13(14)3/h5,10,16H,1,6-9,11-12H2,2-4H3. The van der Waals surface area contributed by atoms with Crippen molar-refractivity contribution < 1.29 is 4.42 Å². The average molecular weight is 250 g/mol. The minimum atomic E-state index is 0.817. The van der Waals surface area contributed by atoms with Crippen LogP contribution in [-0.2, 0) is 13.1 Å². The molecule has 102 valence electrons. The van der Waals surface area contributed by atoms with E-state index in [0.717, 1.165) is 44.1 Å². The Morgan fingerprint density at radius 2 is 2.28 bits per heavy atom. The fourth-order valence-electron chi connectivity index (χ4n) is 1.96. The van der Waals surface area contributed by atoms with Crippen molar-refractivity contribution in [1.29, 1.82) is 0 Å². The van der Waals surface area contributed by atoms with Crippen molar-refractivity contribution in [3.63, 3.8) is 0 Å². The number of nitrogens with zero attached hydrogens (tertiary/aromatic N) is 1. The smallest absolute Gasteiger partial charge is 0.118 e. The highest BCUT2D eigenvalue weighted by Gasteiger charge is 2.09. The van der Waals surface area contributed by atoms with Crippen molar-refractivity contribution in [2.75, 3.05) is 20.1 Å². The Bertz CT molecular complexity index is 357. The van der Waals surface area contributed by atoms with Crippen LogP contribution in [0.25, 0.3) is 0 Å². The van der Waals surface area contributed by atoms with Crippen molar-refractivity contribution in [3.8, 4) is 0 Å². The summed E-state index contributed by atoms with van der Waals surface area (Å²) in [6.07, 6.45) is 4.23. The number of aryl methyl sites for hydroxylation is 1. The highest BCUT2D eigenvalue weighted by molar-refractivity contribution is 5.20. The molecule has 0 spiro atoms. The largest absolute Gasteiger partial charge is 0.465 e. The Morgan fingerprint density at radius 1 is 1.50 bits per heavy atom. The van der Waals surface area contributed by atoms with Gasteiger partial charge in [-0.15, -0.1) is 6.58 Å². The van der Waals surface area contributed by atoms with Crippen LogP contribution in [0.5, 0.6) is 0 Å². The van der Waals surface area contributed by atoms with Gasteiger partial charge in [0.1, 0.15) is 11.5 Å². The Kier molecular flexibility index (Phi) is 6.76. The third-order valence-electron chi connectivity index (χ3n) is 3.01. The summed E-state index contributed by atoms with van der Waals surface area (Å²) in [5.41, 5.74) is 1.30. The molecule has 0 aliphatic rings. The lowest BCUT2D eigenvalue weighted by molar-refractivity contribution is 0.320. The fourth-order valence-corrected chi connectivity index (χ4v) is 1.96. The van der Waals surface area contributed by atoms with E-state index in [4.69, 9.17) is 4.42 Å². The Hall–Kier alpha value is -1.06. The first-order chi connectivity index (χ1) is 8.67. The molecular formula is C15H26N2O. The van der Waals surface area contributed by atoms with Crippen LogP contribution >= 0.6 is 0 Å². The number of furan rings is 1. The van der Waals surface area contributed by atoms with Gasteiger partial charge in [-0.25, -0.2) is 0 Å². The summed E-state index contributed by atoms with van der Waals surface area (Å²) < 4.78 is 5.74. The van der Waals surface area contributed by atoms with E-state index in [1.807, 2.05) is 13.0 Å². The molecule has 0 aliphatic heterocycles. The number of hydrogen-bond acceptors (Lipinski definition) is 3. The Labute approximate surface area is 111 Å². The molecule has 3 heteroatoms. The van der Waals surface area contributed by atoms with Crippen LogP contribution in [0.2, 0.25) is 0 Å². The molecule has 0 atom stereocenters. The summed E-state index contributed by atoms with van der Waals surface area (Å²) in [6.45, 7) is 11.7. The van der Waals surface area contributed by atoms with Crippen LogP contribution in [0, 0.1) is 6.92 Å². The summed E-state index contributed by atoms with van der Waals surface area (Å²) >= 11 is 0. The van der Waals surface area contributed by atoms with E-state index in [1.54, 1.807) is 0 Å². The number of rotatable bonds is 9. The van der Waals surface area contributed by atoms with Gasteiger partial charge in [0.15, 0.2) is 0 Å². The molecule has 0 unspecified atom stereocenters. The molecule has 0 aliphatic carbocycles. The summed E-state index contributed by atoms with van der Waals surface area (Å²) in [6, 6.07) is 2.17. The van der Waals surface area contributed by atoms with Gasteiger partial charge < -0.3 is 14.6 Å². The van der Waals surface area contributed by atoms with E-state index in [2.05, 4.69) is 36.8 Å². The van der Waals surface area contributed by atoms with Crippen LogP contribution < -0.4 is 5.32 Å². The quantitative estimate of drug-likeness (QED) is 0.539. The minimum absolute atomic E-state index is 0.817. The predicted octanol–water partition coefficient (Wildman–Crippen LogP) is 3.10. The van der Waals surface area contributed by atoms with E-state index in [1.165, 1.54) is 12.0 Å². The van der Waals surface area contributed by atoms with E-state index in [-0.39, 0.29) is 0 Å². The molecule has 0 saturated carbocycles. The monoisotopic (exact) mass is 250 g/mol. The van der Waals surface area contributed by atoms with Crippen molar-refractivity contribution in [1.82, 2.24) is 10.2 Å². The maximum atomic E-state index is 5.74. The molecule has 3 nitrogen and oxygen atoms in total. The maximum absolute atomic E-state index is 5.74. The molecule has 0 fully saturated rings. The second kappa shape index (κ2) is 8.11. The molecule has 1 rings (SSSR count). The van der Waals surface area contributed by atoms with Gasteiger partial charge in [0.05, 0.1) is 6.54 Å². The van der Waals surface area contributed by atoms with E-state index in [9.17, 15) is 0 Å². The Balaban J connectivity index is 2.45. The predicted molar refractivity (Wildman–Crippen MR) is 76.6 cm³/mol. The van der Waals surface area contributed by atoms with Crippen molar-refractivity contribution in [2.24, 2.45) is 0 Å². The number of unbranched alkanes of at least 4 members (excludes halogenated alkanes) is 1. The molecule has 0 amide bonds. The van der Waals surface area contributed by atoms with Crippen LogP contribution in [-0.4, -0.2) is 25.0 Å². The van der Waals surface area contributed by atoms with Crippen LogP contribution in [0.3, 0.4) is 0 Å². The van der Waals surface area contributed by atoms with Gasteiger partial charge in [-0.3, -0.25) is 0 Å². The number of nitrogens with one attached hydrogen (secondary N) is 1. The number of hydrogen-bond donors (Lipinski definition) is 1. The summed E-state index contributed by atoms with van der Waals surface area (Å²) in [5, 5.41) is 3.28. The lowest BCUT2D eigenvalue weighted by Crippen LogP contribution is -2.19. The second-order valence-corrected chi connectivity index (χ2v) is 4.74. The molecule has 1 aromatic heterocycles. The first-order valence-electron chi connectivity index (χ1n) is 6.75. The van der Waals surface area contributed by atoms with Crippen LogP contribution in [0.4, 0.5) is 0 Å². The zero-order valence-corrected chi connectivity index (χ0v) is 12.0. The molecule has 0 bridgehead atoms. The summed E-state index contributed by atoms with van der Waals surface area (Å²) in [4.78, 5) is 2.33. The van der Waals surface area contributed by atoms with Gasteiger partial charge >= 0.3 is 0 Å². The van der Waals surface area contributed by atoms with Gasteiger partial charge in [0.2, 0.25) is 0 Å².